The molecule has 7 heteroatoms. The molecule has 0 aromatic rings. The molecule has 17 heavy (non-hydrogen) atoms. The van der Waals surface area contributed by atoms with Gasteiger partial charge in [0, 0.05) is 12.8 Å². The van der Waals surface area contributed by atoms with Crippen LogP contribution >= 0.6 is 0 Å². The predicted octanol–water partition coefficient (Wildman–Crippen LogP) is -0.106. The van der Waals surface area contributed by atoms with E-state index in [-0.39, 0.29) is 12.3 Å². The van der Waals surface area contributed by atoms with Gasteiger partial charge >= 0.3 is 5.97 Å². The van der Waals surface area contributed by atoms with Gasteiger partial charge in [-0.2, -0.15) is 0 Å². The number of rotatable bonds is 5. The Morgan fingerprint density at radius 3 is 2.06 bits per heavy atom. The summed E-state index contributed by atoms with van der Waals surface area (Å²) in [5, 5.41) is 11.3. The van der Waals surface area contributed by atoms with E-state index in [1.54, 1.807) is 20.8 Å². The summed E-state index contributed by atoms with van der Waals surface area (Å²) in [7, 11) is -3.16. The predicted molar refractivity (Wildman–Crippen MR) is 63.3 cm³/mol. The second-order valence-corrected chi connectivity index (χ2v) is 7.32. The fraction of sp³-hybridized carbons (Fsp3) is 0.800. The molecule has 0 saturated carbocycles. The summed E-state index contributed by atoms with van der Waals surface area (Å²) in [6, 6.07) is 0. The van der Waals surface area contributed by atoms with Gasteiger partial charge in [0.25, 0.3) is 0 Å². The van der Waals surface area contributed by atoms with Crippen LogP contribution in [0.15, 0.2) is 0 Å². The van der Waals surface area contributed by atoms with Gasteiger partial charge in [-0.15, -0.1) is 0 Å². The zero-order chi connectivity index (χ0) is 13.9. The monoisotopic (exact) mass is 265 g/mol. The molecule has 1 atom stereocenters. The first-order valence-corrected chi connectivity index (χ1v) is 7.19. The van der Waals surface area contributed by atoms with Crippen LogP contribution in [0.3, 0.4) is 0 Å². The van der Waals surface area contributed by atoms with Crippen LogP contribution in [0.25, 0.3) is 0 Å². The largest absolute Gasteiger partial charge is 0.481 e. The number of hydrogen-bond donors (Lipinski definition) is 2. The van der Waals surface area contributed by atoms with Gasteiger partial charge < -0.3 is 10.4 Å². The molecule has 2 N–H and O–H groups in total. The highest BCUT2D eigenvalue weighted by molar-refractivity contribution is 7.90. The second-order valence-electron chi connectivity index (χ2n) is 5.06. The highest BCUT2D eigenvalue weighted by Gasteiger charge is 2.37. The summed E-state index contributed by atoms with van der Waals surface area (Å²) in [5.74, 6) is -3.26. The highest BCUT2D eigenvalue weighted by Crippen LogP contribution is 2.26. The number of sulfone groups is 1. The summed E-state index contributed by atoms with van der Waals surface area (Å²) in [6.07, 6.45) is 1.05. The second kappa shape index (κ2) is 5.48. The highest BCUT2D eigenvalue weighted by atomic mass is 32.2. The van der Waals surface area contributed by atoms with Gasteiger partial charge in [-0.05, 0) is 5.41 Å². The number of carboxylic acids is 1. The third kappa shape index (κ3) is 6.25. The van der Waals surface area contributed by atoms with E-state index in [9.17, 15) is 18.0 Å². The van der Waals surface area contributed by atoms with Crippen LogP contribution in [-0.2, 0) is 19.4 Å². The van der Waals surface area contributed by atoms with E-state index < -0.39 is 33.0 Å². The van der Waals surface area contributed by atoms with E-state index in [2.05, 4.69) is 5.32 Å². The number of amides is 1. The molecular formula is C10H19NO5S. The average Bonchev–Trinajstić information content (AvgIpc) is 1.96. The Balaban J connectivity index is 4.52. The molecule has 1 amide bonds. The first kappa shape index (κ1) is 15.9. The van der Waals surface area contributed by atoms with E-state index in [1.807, 2.05) is 0 Å². The quantitative estimate of drug-likeness (QED) is 0.676. The molecule has 0 aromatic heterocycles. The van der Waals surface area contributed by atoms with Crippen LogP contribution in [-0.4, -0.2) is 44.0 Å². The van der Waals surface area contributed by atoms with Crippen molar-refractivity contribution in [1.29, 1.82) is 0 Å². The van der Waals surface area contributed by atoms with Crippen molar-refractivity contribution in [3.8, 4) is 0 Å². The first-order valence-electron chi connectivity index (χ1n) is 5.13. The molecule has 0 rings (SSSR count). The van der Waals surface area contributed by atoms with Gasteiger partial charge in [0.1, 0.15) is 15.8 Å². The Morgan fingerprint density at radius 2 is 1.76 bits per heavy atom. The average molecular weight is 265 g/mol. The molecular weight excluding hydrogens is 246 g/mol. The standard InChI is InChI=1S/C10H19NO5S/c1-10(2,3)7(9(13)14)8(12)11-5-6-17(4,15)16/h7H,5-6H2,1-4H3,(H,11,12)(H,13,14). The molecule has 100 valence electrons. The first-order chi connectivity index (χ1) is 7.45. The van der Waals surface area contributed by atoms with Crippen molar-refractivity contribution in [3.63, 3.8) is 0 Å². The Bertz CT molecular complexity index is 393. The smallest absolute Gasteiger partial charge is 0.316 e. The lowest BCUT2D eigenvalue weighted by Crippen LogP contribution is -2.43. The maximum absolute atomic E-state index is 11.6. The topological polar surface area (TPSA) is 101 Å². The maximum Gasteiger partial charge on any atom is 0.316 e. The lowest BCUT2D eigenvalue weighted by molar-refractivity contribution is -0.151. The van der Waals surface area contributed by atoms with Crippen LogP contribution in [0.5, 0.6) is 0 Å². The van der Waals surface area contributed by atoms with Crippen molar-refractivity contribution in [1.82, 2.24) is 5.32 Å². The van der Waals surface area contributed by atoms with Gasteiger partial charge in [0.05, 0.1) is 5.75 Å². The molecule has 0 aromatic carbocycles. The molecule has 0 radical (unpaired) electrons. The summed E-state index contributed by atoms with van der Waals surface area (Å²) >= 11 is 0. The lowest BCUT2D eigenvalue weighted by Gasteiger charge is -2.25. The third-order valence-corrected chi connectivity index (χ3v) is 3.09. The van der Waals surface area contributed by atoms with E-state index in [1.165, 1.54) is 0 Å². The summed E-state index contributed by atoms with van der Waals surface area (Å²) in [5.41, 5.74) is -0.721. The van der Waals surface area contributed by atoms with Crippen LogP contribution in [0.2, 0.25) is 0 Å². The van der Waals surface area contributed by atoms with Crippen molar-refractivity contribution in [3.05, 3.63) is 0 Å². The number of carbonyl (C=O) groups is 2. The van der Waals surface area contributed by atoms with Gasteiger partial charge in [-0.1, -0.05) is 20.8 Å². The minimum atomic E-state index is -3.16. The summed E-state index contributed by atoms with van der Waals surface area (Å²) in [6.45, 7) is 4.85. The van der Waals surface area contributed by atoms with Gasteiger partial charge in [0.15, 0.2) is 0 Å². The van der Waals surface area contributed by atoms with Crippen molar-refractivity contribution in [2.45, 2.75) is 20.8 Å². The van der Waals surface area contributed by atoms with E-state index in [0.717, 1.165) is 6.26 Å². The van der Waals surface area contributed by atoms with Gasteiger partial charge in [-0.25, -0.2) is 8.42 Å². The molecule has 6 nitrogen and oxygen atoms in total. The zero-order valence-electron chi connectivity index (χ0n) is 10.5. The molecule has 1 unspecified atom stereocenters. The fourth-order valence-electron chi connectivity index (χ4n) is 1.34. The summed E-state index contributed by atoms with van der Waals surface area (Å²) < 4.78 is 21.7. The minimum absolute atomic E-state index is 0.0719. The van der Waals surface area contributed by atoms with Crippen molar-refractivity contribution < 1.29 is 23.1 Å². The van der Waals surface area contributed by atoms with E-state index in [4.69, 9.17) is 5.11 Å². The van der Waals surface area contributed by atoms with Crippen LogP contribution in [0.4, 0.5) is 0 Å². The molecule has 0 heterocycles. The van der Waals surface area contributed by atoms with Gasteiger partial charge in [0.2, 0.25) is 5.91 Å². The molecule has 0 aliphatic carbocycles. The lowest BCUT2D eigenvalue weighted by atomic mass is 9.80. The number of carboxylic acid groups (broad SMARTS) is 1. The number of carbonyl (C=O) groups excluding carboxylic acids is 1. The van der Waals surface area contributed by atoms with E-state index >= 15 is 0 Å². The number of nitrogens with one attached hydrogen (secondary N) is 1. The molecule has 0 saturated heterocycles. The van der Waals surface area contributed by atoms with Crippen molar-refractivity contribution >= 4 is 21.7 Å². The Morgan fingerprint density at radius 1 is 1.29 bits per heavy atom. The Hall–Kier alpha value is -1.11. The number of hydrogen-bond acceptors (Lipinski definition) is 4. The SMILES string of the molecule is CC(C)(C)C(C(=O)O)C(=O)NCCS(C)(=O)=O. The molecule has 0 aliphatic rings. The minimum Gasteiger partial charge on any atom is -0.481 e. The van der Waals surface area contributed by atoms with E-state index in [0.29, 0.717) is 0 Å². The Kier molecular flexibility index (Phi) is 5.12. The van der Waals surface area contributed by atoms with Crippen LogP contribution < -0.4 is 5.32 Å². The molecule has 0 bridgehead atoms. The maximum atomic E-state index is 11.6. The molecule has 0 spiro atoms. The van der Waals surface area contributed by atoms with Crippen molar-refractivity contribution in [2.24, 2.45) is 11.3 Å². The zero-order valence-corrected chi connectivity index (χ0v) is 11.3. The Labute approximate surface area is 101 Å². The molecule has 0 aliphatic heterocycles. The number of aliphatic carboxylic acids is 1. The van der Waals surface area contributed by atoms with Crippen LogP contribution in [0.1, 0.15) is 20.8 Å². The third-order valence-electron chi connectivity index (χ3n) is 2.15. The van der Waals surface area contributed by atoms with Gasteiger partial charge in [-0.3, -0.25) is 9.59 Å². The van der Waals surface area contributed by atoms with Crippen molar-refractivity contribution in [2.75, 3.05) is 18.6 Å². The fourth-order valence-corrected chi connectivity index (χ4v) is 1.81. The van der Waals surface area contributed by atoms with Crippen LogP contribution in [0, 0.1) is 11.3 Å². The summed E-state index contributed by atoms with van der Waals surface area (Å²) in [4.78, 5) is 22.6. The normalized spacial score (nSPS) is 14.1. The molecule has 0 fully saturated rings.